The molecule has 1 aromatic carbocycles. The molecular formula is C17H25NO3. The van der Waals surface area contributed by atoms with Gasteiger partial charge in [-0.05, 0) is 17.9 Å². The fourth-order valence-electron chi connectivity index (χ4n) is 2.49. The lowest BCUT2D eigenvalue weighted by Crippen LogP contribution is -2.37. The highest BCUT2D eigenvalue weighted by Crippen LogP contribution is 2.24. The van der Waals surface area contributed by atoms with Crippen molar-refractivity contribution < 1.29 is 14.7 Å². The summed E-state index contributed by atoms with van der Waals surface area (Å²) in [5.41, 5.74) is 0.965. The van der Waals surface area contributed by atoms with E-state index < -0.39 is 11.9 Å². The van der Waals surface area contributed by atoms with Crippen LogP contribution < -0.4 is 5.32 Å². The van der Waals surface area contributed by atoms with Gasteiger partial charge in [0, 0.05) is 6.54 Å². The summed E-state index contributed by atoms with van der Waals surface area (Å²) in [4.78, 5) is 23.5. The van der Waals surface area contributed by atoms with Crippen molar-refractivity contribution in [3.8, 4) is 0 Å². The number of rotatable bonds is 8. The van der Waals surface area contributed by atoms with E-state index in [1.165, 1.54) is 0 Å². The van der Waals surface area contributed by atoms with Gasteiger partial charge >= 0.3 is 5.97 Å². The van der Waals surface area contributed by atoms with Crippen molar-refractivity contribution in [2.45, 2.75) is 39.5 Å². The highest BCUT2D eigenvalue weighted by molar-refractivity contribution is 5.84. The normalized spacial score (nSPS) is 13.7. The van der Waals surface area contributed by atoms with E-state index in [1.54, 1.807) is 0 Å². The molecule has 1 aromatic rings. The lowest BCUT2D eigenvalue weighted by atomic mass is 9.87. The van der Waals surface area contributed by atoms with Crippen molar-refractivity contribution in [2.24, 2.45) is 11.8 Å². The Balaban J connectivity index is 2.72. The molecule has 0 aromatic heterocycles. The molecule has 2 atom stereocenters. The molecule has 2 N–H and O–H groups in total. The van der Waals surface area contributed by atoms with Crippen LogP contribution in [0, 0.1) is 11.8 Å². The monoisotopic (exact) mass is 291 g/mol. The van der Waals surface area contributed by atoms with Crippen LogP contribution in [0.15, 0.2) is 30.3 Å². The van der Waals surface area contributed by atoms with Crippen molar-refractivity contribution in [2.75, 3.05) is 6.54 Å². The van der Waals surface area contributed by atoms with Gasteiger partial charge in [-0.3, -0.25) is 9.59 Å². The van der Waals surface area contributed by atoms with E-state index >= 15 is 0 Å². The van der Waals surface area contributed by atoms with Crippen LogP contribution in [0.3, 0.4) is 0 Å². The van der Waals surface area contributed by atoms with E-state index in [4.69, 9.17) is 5.11 Å². The Morgan fingerprint density at radius 2 is 1.81 bits per heavy atom. The van der Waals surface area contributed by atoms with Crippen molar-refractivity contribution in [1.82, 2.24) is 5.32 Å². The van der Waals surface area contributed by atoms with Gasteiger partial charge in [0.2, 0.25) is 5.91 Å². The highest BCUT2D eigenvalue weighted by Gasteiger charge is 2.25. The maximum Gasteiger partial charge on any atom is 0.308 e. The van der Waals surface area contributed by atoms with E-state index in [9.17, 15) is 9.59 Å². The molecule has 0 fully saturated rings. The number of carboxylic acid groups (broad SMARTS) is 1. The predicted octanol–water partition coefficient (Wildman–Crippen LogP) is 3.04. The van der Waals surface area contributed by atoms with Crippen LogP contribution in [-0.2, 0) is 9.59 Å². The third kappa shape index (κ3) is 5.21. The fraction of sp³-hybridized carbons (Fsp3) is 0.529. The number of carbonyl (C=O) groups is 2. The second-order valence-corrected chi connectivity index (χ2v) is 5.70. The average Bonchev–Trinajstić information content (AvgIpc) is 2.44. The fourth-order valence-corrected chi connectivity index (χ4v) is 2.49. The SMILES string of the molecule is CCCC(CNC(=O)C(c1ccccc1)C(C)C)C(=O)O. The van der Waals surface area contributed by atoms with Crippen molar-refractivity contribution in [1.29, 1.82) is 0 Å². The van der Waals surface area contributed by atoms with Crippen molar-refractivity contribution in [3.63, 3.8) is 0 Å². The number of carbonyl (C=O) groups excluding carboxylic acids is 1. The molecule has 116 valence electrons. The Bertz CT molecular complexity index is 456. The number of carboxylic acids is 1. The average molecular weight is 291 g/mol. The van der Waals surface area contributed by atoms with E-state index in [1.807, 2.05) is 51.1 Å². The van der Waals surface area contributed by atoms with Gasteiger partial charge in [-0.2, -0.15) is 0 Å². The van der Waals surface area contributed by atoms with E-state index in [0.717, 1.165) is 12.0 Å². The van der Waals surface area contributed by atoms with Crippen LogP contribution in [0.25, 0.3) is 0 Å². The molecule has 0 saturated heterocycles. The first kappa shape index (κ1) is 17.2. The molecule has 4 nitrogen and oxygen atoms in total. The Kier molecular flexibility index (Phi) is 6.92. The lowest BCUT2D eigenvalue weighted by Gasteiger charge is -2.22. The van der Waals surface area contributed by atoms with Gasteiger partial charge in [-0.1, -0.05) is 57.5 Å². The van der Waals surface area contributed by atoms with Gasteiger partial charge in [0.05, 0.1) is 11.8 Å². The van der Waals surface area contributed by atoms with Crippen LogP contribution in [0.4, 0.5) is 0 Å². The highest BCUT2D eigenvalue weighted by atomic mass is 16.4. The third-order valence-corrected chi connectivity index (χ3v) is 3.62. The molecule has 2 unspecified atom stereocenters. The standard InChI is InChI=1S/C17H25NO3/c1-4-8-14(17(20)21)11-18-16(19)15(12(2)3)13-9-6-5-7-10-13/h5-7,9-10,12,14-15H,4,8,11H2,1-3H3,(H,18,19)(H,20,21). The van der Waals surface area contributed by atoms with Crippen molar-refractivity contribution in [3.05, 3.63) is 35.9 Å². The second kappa shape index (κ2) is 8.45. The van der Waals surface area contributed by atoms with Gasteiger partial charge in [0.15, 0.2) is 0 Å². The zero-order valence-electron chi connectivity index (χ0n) is 13.0. The van der Waals surface area contributed by atoms with Gasteiger partial charge in [0.1, 0.15) is 0 Å². The molecule has 1 rings (SSSR count). The number of amides is 1. The summed E-state index contributed by atoms with van der Waals surface area (Å²) < 4.78 is 0. The molecule has 0 saturated carbocycles. The minimum Gasteiger partial charge on any atom is -0.481 e. The molecule has 0 spiro atoms. The minimum atomic E-state index is -0.849. The number of hydrogen-bond donors (Lipinski definition) is 2. The zero-order chi connectivity index (χ0) is 15.8. The second-order valence-electron chi connectivity index (χ2n) is 5.70. The van der Waals surface area contributed by atoms with E-state index in [0.29, 0.717) is 6.42 Å². The number of hydrogen-bond acceptors (Lipinski definition) is 2. The van der Waals surface area contributed by atoms with Gasteiger partial charge < -0.3 is 10.4 Å². The predicted molar refractivity (Wildman–Crippen MR) is 83.1 cm³/mol. The summed E-state index contributed by atoms with van der Waals surface area (Å²) in [6.45, 7) is 6.13. The first-order valence-electron chi connectivity index (χ1n) is 7.52. The number of benzene rings is 1. The zero-order valence-corrected chi connectivity index (χ0v) is 13.0. The lowest BCUT2D eigenvalue weighted by molar-refractivity contribution is -0.142. The van der Waals surface area contributed by atoms with Gasteiger partial charge in [-0.25, -0.2) is 0 Å². The topological polar surface area (TPSA) is 66.4 Å². The van der Waals surface area contributed by atoms with Crippen LogP contribution in [-0.4, -0.2) is 23.5 Å². The molecule has 0 aliphatic rings. The van der Waals surface area contributed by atoms with Crippen LogP contribution in [0.1, 0.15) is 45.1 Å². The molecule has 1 amide bonds. The summed E-state index contributed by atoms with van der Waals surface area (Å²) in [5, 5.41) is 11.9. The van der Waals surface area contributed by atoms with E-state index in [-0.39, 0.29) is 24.3 Å². The first-order chi connectivity index (χ1) is 9.97. The quantitative estimate of drug-likeness (QED) is 0.773. The summed E-state index contributed by atoms with van der Waals surface area (Å²) in [6.07, 6.45) is 1.37. The molecule has 0 radical (unpaired) electrons. The minimum absolute atomic E-state index is 0.0986. The Hall–Kier alpha value is -1.84. The van der Waals surface area contributed by atoms with Gasteiger partial charge in [0.25, 0.3) is 0 Å². The van der Waals surface area contributed by atoms with Crippen LogP contribution in [0.5, 0.6) is 0 Å². The summed E-state index contributed by atoms with van der Waals surface area (Å²) >= 11 is 0. The number of aliphatic carboxylic acids is 1. The molecule has 0 bridgehead atoms. The maximum absolute atomic E-state index is 12.4. The maximum atomic E-state index is 12.4. The first-order valence-corrected chi connectivity index (χ1v) is 7.52. The molecule has 0 aliphatic heterocycles. The number of nitrogens with one attached hydrogen (secondary N) is 1. The Morgan fingerprint density at radius 3 is 2.29 bits per heavy atom. The van der Waals surface area contributed by atoms with Crippen LogP contribution >= 0.6 is 0 Å². The van der Waals surface area contributed by atoms with Gasteiger partial charge in [-0.15, -0.1) is 0 Å². The van der Waals surface area contributed by atoms with E-state index in [2.05, 4.69) is 5.32 Å². The van der Waals surface area contributed by atoms with Crippen molar-refractivity contribution >= 4 is 11.9 Å². The molecule has 0 aliphatic carbocycles. The summed E-state index contributed by atoms with van der Waals surface area (Å²) in [7, 11) is 0. The summed E-state index contributed by atoms with van der Waals surface area (Å²) in [5.74, 6) is -1.55. The molecule has 4 heteroatoms. The molecule has 0 heterocycles. The largest absolute Gasteiger partial charge is 0.481 e. The third-order valence-electron chi connectivity index (χ3n) is 3.62. The summed E-state index contributed by atoms with van der Waals surface area (Å²) in [6, 6.07) is 9.61. The smallest absolute Gasteiger partial charge is 0.308 e. The molecule has 21 heavy (non-hydrogen) atoms. The molecular weight excluding hydrogens is 266 g/mol. The Morgan fingerprint density at radius 1 is 1.19 bits per heavy atom. The van der Waals surface area contributed by atoms with Crippen LogP contribution in [0.2, 0.25) is 0 Å². The Labute approximate surface area is 126 Å².